The summed E-state index contributed by atoms with van der Waals surface area (Å²) in [6, 6.07) is 20.7. The first kappa shape index (κ1) is 14.0. The van der Waals surface area contributed by atoms with Crippen molar-refractivity contribution >= 4 is 22.7 Å². The minimum absolute atomic E-state index is 0.892. The van der Waals surface area contributed by atoms with Crippen LogP contribution in [-0.4, -0.2) is 19.7 Å². The highest BCUT2D eigenvalue weighted by Gasteiger charge is 2.01. The SMILES string of the molecule is c1ccc2nc(SCc3ccc(-n4cncn4)cc3)ccc2c1. The number of hydrogen-bond acceptors (Lipinski definition) is 4. The maximum absolute atomic E-state index is 4.69. The van der Waals surface area contributed by atoms with Gasteiger partial charge in [-0.05, 0) is 29.8 Å². The van der Waals surface area contributed by atoms with Crippen LogP contribution in [-0.2, 0) is 5.75 Å². The van der Waals surface area contributed by atoms with Gasteiger partial charge in [0.05, 0.1) is 16.2 Å². The highest BCUT2D eigenvalue weighted by atomic mass is 32.2. The van der Waals surface area contributed by atoms with Gasteiger partial charge in [0, 0.05) is 11.1 Å². The van der Waals surface area contributed by atoms with Crippen molar-refractivity contribution in [1.82, 2.24) is 19.7 Å². The molecule has 0 atom stereocenters. The van der Waals surface area contributed by atoms with Crippen LogP contribution in [0.4, 0.5) is 0 Å². The Balaban J connectivity index is 1.47. The summed E-state index contributed by atoms with van der Waals surface area (Å²) in [6.07, 6.45) is 3.23. The van der Waals surface area contributed by atoms with Crippen LogP contribution in [0.5, 0.6) is 0 Å². The molecule has 0 aliphatic heterocycles. The molecule has 2 heterocycles. The van der Waals surface area contributed by atoms with Gasteiger partial charge in [-0.1, -0.05) is 36.4 Å². The second-order valence-corrected chi connectivity index (χ2v) is 6.13. The fraction of sp³-hybridized carbons (Fsp3) is 0.0556. The van der Waals surface area contributed by atoms with E-state index in [0.717, 1.165) is 22.0 Å². The number of fused-ring (bicyclic) bond motifs is 1. The van der Waals surface area contributed by atoms with Crippen LogP contribution in [0.3, 0.4) is 0 Å². The molecule has 0 aliphatic carbocycles. The molecule has 0 amide bonds. The summed E-state index contributed by atoms with van der Waals surface area (Å²) < 4.78 is 1.75. The highest BCUT2D eigenvalue weighted by molar-refractivity contribution is 7.98. The lowest BCUT2D eigenvalue weighted by atomic mass is 10.2. The Hall–Kier alpha value is -2.66. The third kappa shape index (κ3) is 3.10. The van der Waals surface area contributed by atoms with Crippen molar-refractivity contribution < 1.29 is 0 Å². The van der Waals surface area contributed by atoms with E-state index in [1.54, 1.807) is 22.8 Å². The predicted molar refractivity (Wildman–Crippen MR) is 92.7 cm³/mol. The molecule has 0 unspecified atom stereocenters. The van der Waals surface area contributed by atoms with Gasteiger partial charge >= 0.3 is 0 Å². The molecule has 0 saturated carbocycles. The first-order chi connectivity index (χ1) is 11.4. The monoisotopic (exact) mass is 318 g/mol. The van der Waals surface area contributed by atoms with E-state index in [4.69, 9.17) is 0 Å². The zero-order chi connectivity index (χ0) is 15.5. The molecular weight excluding hydrogens is 304 g/mol. The van der Waals surface area contributed by atoms with Gasteiger partial charge in [-0.25, -0.2) is 14.6 Å². The summed E-state index contributed by atoms with van der Waals surface area (Å²) in [7, 11) is 0. The normalized spacial score (nSPS) is 11.0. The lowest BCUT2D eigenvalue weighted by molar-refractivity contribution is 0.878. The topological polar surface area (TPSA) is 43.6 Å². The molecule has 4 rings (SSSR count). The molecule has 2 aromatic heterocycles. The van der Waals surface area contributed by atoms with Gasteiger partial charge in [-0.3, -0.25) is 0 Å². The smallest absolute Gasteiger partial charge is 0.138 e. The minimum Gasteiger partial charge on any atom is -0.241 e. The molecule has 0 saturated heterocycles. The number of nitrogens with zero attached hydrogens (tertiary/aromatic N) is 4. The van der Waals surface area contributed by atoms with Gasteiger partial charge in [-0.15, -0.1) is 11.8 Å². The Morgan fingerprint density at radius 3 is 2.61 bits per heavy atom. The molecule has 0 N–H and O–H groups in total. The molecule has 0 aliphatic rings. The molecule has 0 spiro atoms. The number of para-hydroxylation sites is 1. The van der Waals surface area contributed by atoms with E-state index in [9.17, 15) is 0 Å². The average molecular weight is 318 g/mol. The van der Waals surface area contributed by atoms with Gasteiger partial charge in [0.1, 0.15) is 12.7 Å². The van der Waals surface area contributed by atoms with Gasteiger partial charge < -0.3 is 0 Å². The fourth-order valence-electron chi connectivity index (χ4n) is 2.37. The molecule has 23 heavy (non-hydrogen) atoms. The summed E-state index contributed by atoms with van der Waals surface area (Å²) in [4.78, 5) is 8.65. The summed E-state index contributed by atoms with van der Waals surface area (Å²) in [5.41, 5.74) is 3.31. The lowest BCUT2D eigenvalue weighted by Gasteiger charge is -2.05. The molecular formula is C18H14N4S. The standard InChI is InChI=1S/C18H14N4S/c1-2-4-17-15(3-1)7-10-18(21-17)23-11-14-5-8-16(9-6-14)22-13-19-12-20-22/h1-10,12-13H,11H2. The maximum Gasteiger partial charge on any atom is 0.138 e. The van der Waals surface area contributed by atoms with Crippen LogP contribution < -0.4 is 0 Å². The zero-order valence-electron chi connectivity index (χ0n) is 12.3. The van der Waals surface area contributed by atoms with E-state index in [-0.39, 0.29) is 0 Å². The zero-order valence-corrected chi connectivity index (χ0v) is 13.1. The molecule has 0 radical (unpaired) electrons. The third-order valence-electron chi connectivity index (χ3n) is 3.58. The van der Waals surface area contributed by atoms with E-state index in [1.807, 2.05) is 18.2 Å². The van der Waals surface area contributed by atoms with E-state index in [1.165, 1.54) is 17.3 Å². The molecule has 112 valence electrons. The predicted octanol–water partition coefficient (Wildman–Crippen LogP) is 4.11. The Morgan fingerprint density at radius 1 is 0.913 bits per heavy atom. The largest absolute Gasteiger partial charge is 0.241 e. The van der Waals surface area contributed by atoms with Crippen molar-refractivity contribution in [3.8, 4) is 5.69 Å². The van der Waals surface area contributed by atoms with Crippen molar-refractivity contribution in [2.24, 2.45) is 0 Å². The Labute approximate surface area is 138 Å². The second kappa shape index (κ2) is 6.22. The van der Waals surface area contributed by atoms with Gasteiger partial charge in [0.2, 0.25) is 0 Å². The second-order valence-electron chi connectivity index (χ2n) is 5.14. The molecule has 0 fully saturated rings. The molecule has 4 nitrogen and oxygen atoms in total. The number of aromatic nitrogens is 4. The number of thioether (sulfide) groups is 1. The Bertz CT molecular complexity index is 917. The van der Waals surface area contributed by atoms with Crippen LogP contribution in [0.25, 0.3) is 16.6 Å². The average Bonchev–Trinajstić information content (AvgIpc) is 3.15. The van der Waals surface area contributed by atoms with Crippen molar-refractivity contribution in [3.05, 3.63) is 78.9 Å². The summed E-state index contributed by atoms with van der Waals surface area (Å²) >= 11 is 1.75. The number of hydrogen-bond donors (Lipinski definition) is 0. The van der Waals surface area contributed by atoms with Gasteiger partial charge in [0.15, 0.2) is 0 Å². The van der Waals surface area contributed by atoms with Gasteiger partial charge in [0.25, 0.3) is 0 Å². The maximum atomic E-state index is 4.69. The summed E-state index contributed by atoms with van der Waals surface area (Å²) in [5.74, 6) is 0.892. The molecule has 0 bridgehead atoms. The van der Waals surface area contributed by atoms with E-state index < -0.39 is 0 Å². The quantitative estimate of drug-likeness (QED) is 0.531. The number of pyridine rings is 1. The van der Waals surface area contributed by atoms with Crippen LogP contribution in [0.1, 0.15) is 5.56 Å². The van der Waals surface area contributed by atoms with E-state index in [0.29, 0.717) is 0 Å². The summed E-state index contributed by atoms with van der Waals surface area (Å²) in [6.45, 7) is 0. The van der Waals surface area contributed by atoms with Crippen molar-refractivity contribution in [3.63, 3.8) is 0 Å². The first-order valence-electron chi connectivity index (χ1n) is 7.31. The first-order valence-corrected chi connectivity index (χ1v) is 8.29. The lowest BCUT2D eigenvalue weighted by Crippen LogP contribution is -1.94. The molecule has 5 heteroatoms. The highest BCUT2D eigenvalue weighted by Crippen LogP contribution is 2.24. The van der Waals surface area contributed by atoms with Gasteiger partial charge in [-0.2, -0.15) is 5.10 Å². The van der Waals surface area contributed by atoms with Crippen LogP contribution in [0.15, 0.2) is 78.3 Å². The number of rotatable bonds is 4. The molecule has 2 aromatic carbocycles. The van der Waals surface area contributed by atoms with Crippen LogP contribution in [0, 0.1) is 0 Å². The van der Waals surface area contributed by atoms with E-state index >= 15 is 0 Å². The fourth-order valence-corrected chi connectivity index (χ4v) is 3.21. The molecule has 4 aromatic rings. The third-order valence-corrected chi connectivity index (χ3v) is 4.58. The number of benzene rings is 2. The summed E-state index contributed by atoms with van der Waals surface area (Å²) in [5, 5.41) is 6.35. The Morgan fingerprint density at radius 2 is 1.78 bits per heavy atom. The van der Waals surface area contributed by atoms with Crippen molar-refractivity contribution in [2.75, 3.05) is 0 Å². The van der Waals surface area contributed by atoms with Crippen molar-refractivity contribution in [1.29, 1.82) is 0 Å². The van der Waals surface area contributed by atoms with Crippen LogP contribution in [0.2, 0.25) is 0 Å². The Kier molecular flexibility index (Phi) is 3.78. The van der Waals surface area contributed by atoms with Crippen molar-refractivity contribution in [2.45, 2.75) is 10.8 Å². The van der Waals surface area contributed by atoms with Crippen LogP contribution >= 0.6 is 11.8 Å². The van der Waals surface area contributed by atoms with E-state index in [2.05, 4.69) is 57.5 Å². The minimum atomic E-state index is 0.892.